The number of imidazole rings is 1. The maximum Gasteiger partial charge on any atom is 0.126 e. The molecule has 0 saturated heterocycles. The van der Waals surface area contributed by atoms with Crippen LogP contribution in [0.25, 0.3) is 11.3 Å². The fraction of sp³-hybridized carbons (Fsp3) is 0.471. The molecule has 2 aromatic rings. The average molecular weight is 287 g/mol. The van der Waals surface area contributed by atoms with Gasteiger partial charge in [0.05, 0.1) is 17.9 Å². The smallest absolute Gasteiger partial charge is 0.126 e. The number of nitrogens with zero attached hydrogens (tertiary/aromatic N) is 1. The number of hydrogen-bond donors (Lipinski definition) is 2. The van der Waals surface area contributed by atoms with E-state index < -0.39 is 0 Å². The Bertz CT molecular complexity index is 616. The first-order valence-electron chi connectivity index (χ1n) is 7.68. The summed E-state index contributed by atoms with van der Waals surface area (Å²) in [7, 11) is 0. The molecule has 0 spiro atoms. The van der Waals surface area contributed by atoms with Crippen LogP contribution in [0.2, 0.25) is 0 Å². The summed E-state index contributed by atoms with van der Waals surface area (Å²) in [5.41, 5.74) is 2.56. The largest absolute Gasteiger partial charge is 0.341 e. The van der Waals surface area contributed by atoms with E-state index in [0.717, 1.165) is 29.5 Å². The maximum absolute atomic E-state index is 13.3. The van der Waals surface area contributed by atoms with Gasteiger partial charge in [-0.3, -0.25) is 0 Å². The Kier molecular flexibility index (Phi) is 4.06. The van der Waals surface area contributed by atoms with Crippen molar-refractivity contribution in [1.82, 2.24) is 15.3 Å². The van der Waals surface area contributed by atoms with Crippen molar-refractivity contribution in [2.45, 2.75) is 39.2 Å². The van der Waals surface area contributed by atoms with E-state index in [9.17, 15) is 4.39 Å². The molecule has 0 amide bonds. The summed E-state index contributed by atoms with van der Waals surface area (Å²) < 4.78 is 13.3. The highest BCUT2D eigenvalue weighted by atomic mass is 19.1. The van der Waals surface area contributed by atoms with Crippen LogP contribution in [-0.4, -0.2) is 16.5 Å². The number of aromatic amines is 1. The second-order valence-corrected chi connectivity index (χ2v) is 6.07. The zero-order valence-corrected chi connectivity index (χ0v) is 12.6. The zero-order valence-electron chi connectivity index (χ0n) is 12.6. The highest BCUT2D eigenvalue weighted by molar-refractivity contribution is 5.59. The molecule has 1 aliphatic carbocycles. The third-order valence-corrected chi connectivity index (χ3v) is 4.41. The lowest BCUT2D eigenvalue weighted by Gasteiger charge is -2.26. The van der Waals surface area contributed by atoms with Gasteiger partial charge in [-0.15, -0.1) is 0 Å². The van der Waals surface area contributed by atoms with Gasteiger partial charge in [-0.2, -0.15) is 0 Å². The van der Waals surface area contributed by atoms with Gasteiger partial charge in [0.1, 0.15) is 11.6 Å². The first-order valence-corrected chi connectivity index (χ1v) is 7.68. The van der Waals surface area contributed by atoms with Crippen LogP contribution in [0.5, 0.6) is 0 Å². The number of nitrogens with one attached hydrogen (secondary N) is 2. The van der Waals surface area contributed by atoms with Crippen molar-refractivity contribution >= 4 is 0 Å². The molecule has 1 atom stereocenters. The molecule has 1 fully saturated rings. The molecule has 4 heteroatoms. The SMILES string of the molecule is Cc1cc(-c2cnc(C(C)NCC3CCC3)[nH]2)ccc1F. The van der Waals surface area contributed by atoms with Gasteiger partial charge in [0, 0.05) is 5.56 Å². The number of hydrogen-bond acceptors (Lipinski definition) is 2. The lowest BCUT2D eigenvalue weighted by molar-refractivity contribution is 0.291. The van der Waals surface area contributed by atoms with Crippen LogP contribution < -0.4 is 5.32 Å². The van der Waals surface area contributed by atoms with Crippen LogP contribution >= 0.6 is 0 Å². The van der Waals surface area contributed by atoms with E-state index in [0.29, 0.717) is 5.56 Å². The molecular formula is C17H22FN3. The molecule has 1 saturated carbocycles. The van der Waals surface area contributed by atoms with Gasteiger partial charge in [0.15, 0.2) is 0 Å². The Hall–Kier alpha value is -1.68. The van der Waals surface area contributed by atoms with Crippen LogP contribution in [-0.2, 0) is 0 Å². The summed E-state index contributed by atoms with van der Waals surface area (Å²) in [6, 6.07) is 5.34. The average Bonchev–Trinajstić information content (AvgIpc) is 2.89. The van der Waals surface area contributed by atoms with E-state index >= 15 is 0 Å². The predicted molar refractivity (Wildman–Crippen MR) is 82.5 cm³/mol. The first kappa shape index (κ1) is 14.3. The molecule has 1 aromatic heterocycles. The van der Waals surface area contributed by atoms with E-state index in [-0.39, 0.29) is 11.9 Å². The monoisotopic (exact) mass is 287 g/mol. The van der Waals surface area contributed by atoms with Crippen molar-refractivity contribution in [3.05, 3.63) is 41.6 Å². The third kappa shape index (κ3) is 3.16. The van der Waals surface area contributed by atoms with Crippen LogP contribution in [0, 0.1) is 18.7 Å². The van der Waals surface area contributed by atoms with Gasteiger partial charge in [0.25, 0.3) is 0 Å². The molecule has 21 heavy (non-hydrogen) atoms. The number of aryl methyl sites for hydroxylation is 1. The molecule has 1 unspecified atom stereocenters. The topological polar surface area (TPSA) is 40.7 Å². The van der Waals surface area contributed by atoms with E-state index in [1.165, 1.54) is 25.3 Å². The van der Waals surface area contributed by atoms with Gasteiger partial charge in [-0.05, 0) is 62.9 Å². The van der Waals surface area contributed by atoms with Crippen LogP contribution in [0.1, 0.15) is 43.6 Å². The molecule has 0 bridgehead atoms. The first-order chi connectivity index (χ1) is 10.1. The Morgan fingerprint density at radius 1 is 1.43 bits per heavy atom. The Morgan fingerprint density at radius 2 is 2.24 bits per heavy atom. The second-order valence-electron chi connectivity index (χ2n) is 6.07. The van der Waals surface area contributed by atoms with Crippen LogP contribution in [0.15, 0.2) is 24.4 Å². The van der Waals surface area contributed by atoms with E-state index in [2.05, 4.69) is 22.2 Å². The molecule has 112 valence electrons. The van der Waals surface area contributed by atoms with Gasteiger partial charge in [0.2, 0.25) is 0 Å². The van der Waals surface area contributed by atoms with Gasteiger partial charge in [-0.25, -0.2) is 9.37 Å². The third-order valence-electron chi connectivity index (χ3n) is 4.41. The molecule has 1 heterocycles. The lowest BCUT2D eigenvalue weighted by Crippen LogP contribution is -2.29. The van der Waals surface area contributed by atoms with Crippen LogP contribution in [0.3, 0.4) is 0 Å². The highest BCUT2D eigenvalue weighted by Gasteiger charge is 2.19. The molecular weight excluding hydrogens is 265 g/mol. The van der Waals surface area contributed by atoms with Crippen molar-refractivity contribution < 1.29 is 4.39 Å². The van der Waals surface area contributed by atoms with E-state index in [4.69, 9.17) is 0 Å². The molecule has 3 nitrogen and oxygen atoms in total. The summed E-state index contributed by atoms with van der Waals surface area (Å²) >= 11 is 0. The molecule has 2 N–H and O–H groups in total. The van der Waals surface area contributed by atoms with Crippen molar-refractivity contribution in [3.8, 4) is 11.3 Å². The normalized spacial score (nSPS) is 16.7. The number of H-pyrrole nitrogens is 1. The van der Waals surface area contributed by atoms with E-state index in [1.807, 2.05) is 12.3 Å². The maximum atomic E-state index is 13.3. The van der Waals surface area contributed by atoms with Gasteiger partial charge >= 0.3 is 0 Å². The Balaban J connectivity index is 1.68. The Morgan fingerprint density at radius 3 is 2.90 bits per heavy atom. The fourth-order valence-corrected chi connectivity index (χ4v) is 2.65. The van der Waals surface area contributed by atoms with Crippen LogP contribution in [0.4, 0.5) is 4.39 Å². The summed E-state index contributed by atoms with van der Waals surface area (Å²) in [5.74, 6) is 1.60. The molecule has 1 aliphatic rings. The number of benzene rings is 1. The highest BCUT2D eigenvalue weighted by Crippen LogP contribution is 2.26. The summed E-state index contributed by atoms with van der Waals surface area (Å²) in [4.78, 5) is 7.79. The fourth-order valence-electron chi connectivity index (χ4n) is 2.65. The molecule has 0 aliphatic heterocycles. The second kappa shape index (κ2) is 5.98. The standard InChI is InChI=1S/C17H22FN3/c1-11-8-14(6-7-15(11)18)16-10-20-17(21-16)12(2)19-9-13-4-3-5-13/h6-8,10,12-13,19H,3-5,9H2,1-2H3,(H,20,21). The van der Waals surface area contributed by atoms with Gasteiger partial charge < -0.3 is 10.3 Å². The minimum atomic E-state index is -0.172. The number of halogens is 1. The molecule has 1 aromatic carbocycles. The minimum absolute atomic E-state index is 0.172. The Labute approximate surface area is 125 Å². The molecule has 0 radical (unpaired) electrons. The minimum Gasteiger partial charge on any atom is -0.341 e. The van der Waals surface area contributed by atoms with Crippen molar-refractivity contribution in [2.75, 3.05) is 6.54 Å². The van der Waals surface area contributed by atoms with Gasteiger partial charge in [-0.1, -0.05) is 6.42 Å². The summed E-state index contributed by atoms with van der Waals surface area (Å²) in [6.07, 6.45) is 5.88. The summed E-state index contributed by atoms with van der Waals surface area (Å²) in [5, 5.41) is 3.53. The quantitative estimate of drug-likeness (QED) is 0.873. The van der Waals surface area contributed by atoms with Crippen molar-refractivity contribution in [2.24, 2.45) is 5.92 Å². The van der Waals surface area contributed by atoms with E-state index in [1.54, 1.807) is 13.0 Å². The predicted octanol–water partition coefficient (Wildman–Crippen LogP) is 3.97. The molecule has 3 rings (SSSR count). The number of rotatable bonds is 5. The summed E-state index contributed by atoms with van der Waals surface area (Å²) in [6.45, 7) is 4.96. The van der Waals surface area contributed by atoms with Crippen molar-refractivity contribution in [1.29, 1.82) is 0 Å². The zero-order chi connectivity index (χ0) is 14.8. The van der Waals surface area contributed by atoms with Crippen molar-refractivity contribution in [3.63, 3.8) is 0 Å². The number of aromatic nitrogens is 2. The lowest BCUT2D eigenvalue weighted by atomic mass is 9.85.